The summed E-state index contributed by atoms with van der Waals surface area (Å²) in [4.78, 5) is 12.6. The van der Waals surface area contributed by atoms with E-state index in [0.29, 0.717) is 12.1 Å². The number of tetrazole rings is 1. The van der Waals surface area contributed by atoms with E-state index in [-0.39, 0.29) is 17.5 Å². The highest BCUT2D eigenvalue weighted by Crippen LogP contribution is 2.20. The first-order valence-electron chi connectivity index (χ1n) is 7.42. The van der Waals surface area contributed by atoms with Crippen LogP contribution < -0.4 is 10.4 Å². The molecule has 0 unspecified atom stereocenters. The number of nitrogens with one attached hydrogen (secondary N) is 1. The first-order chi connectivity index (χ1) is 11.6. The van der Waals surface area contributed by atoms with Gasteiger partial charge in [0.05, 0.1) is 5.92 Å². The van der Waals surface area contributed by atoms with Crippen LogP contribution in [-0.2, 0) is 11.2 Å². The Balaban J connectivity index is 1.80. The van der Waals surface area contributed by atoms with Crippen LogP contribution in [0.3, 0.4) is 0 Å². The van der Waals surface area contributed by atoms with E-state index in [1.807, 2.05) is 31.2 Å². The summed E-state index contributed by atoms with van der Waals surface area (Å²) in [5.74, 6) is -1.01. The molecule has 3 rings (SSSR count). The summed E-state index contributed by atoms with van der Waals surface area (Å²) in [6.45, 7) is 1.97. The Labute approximate surface area is 138 Å². The molecular formula is C17H15FN5O-. The predicted octanol–water partition coefficient (Wildman–Crippen LogP) is 2.24. The zero-order valence-electron chi connectivity index (χ0n) is 13.0. The molecule has 0 aliphatic rings. The molecule has 2 aromatic carbocycles. The molecule has 0 bridgehead atoms. The van der Waals surface area contributed by atoms with Crippen LogP contribution in [0.15, 0.2) is 48.5 Å². The minimum atomic E-state index is -0.660. The Kier molecular flexibility index (Phi) is 4.60. The van der Waals surface area contributed by atoms with E-state index in [4.69, 9.17) is 0 Å². The van der Waals surface area contributed by atoms with Gasteiger partial charge in [0, 0.05) is 11.5 Å². The third kappa shape index (κ3) is 3.81. The Morgan fingerprint density at radius 3 is 2.50 bits per heavy atom. The van der Waals surface area contributed by atoms with Crippen LogP contribution in [0.4, 0.5) is 10.1 Å². The minimum absolute atomic E-state index is 0.240. The average Bonchev–Trinajstić information content (AvgIpc) is 3.10. The number of halogens is 1. The maximum Gasteiger partial charge on any atom is 0.232 e. The molecule has 1 amide bonds. The zero-order valence-corrected chi connectivity index (χ0v) is 13.0. The molecule has 1 heterocycles. The number of carbonyl (C=O) groups is 1. The molecule has 3 aromatic rings. The number of nitrogens with zero attached hydrogens (tertiary/aromatic N) is 4. The fourth-order valence-corrected chi connectivity index (χ4v) is 2.31. The van der Waals surface area contributed by atoms with Crippen LogP contribution in [0.5, 0.6) is 0 Å². The Morgan fingerprint density at radius 2 is 1.88 bits per heavy atom. The van der Waals surface area contributed by atoms with Crippen LogP contribution in [0.25, 0.3) is 0 Å². The van der Waals surface area contributed by atoms with Gasteiger partial charge in [0.1, 0.15) is 5.82 Å². The first-order valence-corrected chi connectivity index (χ1v) is 7.42. The number of hydrogen-bond acceptors (Lipinski definition) is 4. The maximum absolute atomic E-state index is 13.1. The predicted molar refractivity (Wildman–Crippen MR) is 85.8 cm³/mol. The highest BCUT2D eigenvalue weighted by atomic mass is 19.1. The van der Waals surface area contributed by atoms with Gasteiger partial charge in [-0.05, 0) is 43.2 Å². The Hall–Kier alpha value is -3.09. The van der Waals surface area contributed by atoms with Gasteiger partial charge in [-0.25, -0.2) is 4.39 Å². The van der Waals surface area contributed by atoms with Crippen molar-refractivity contribution in [2.75, 3.05) is 5.32 Å². The number of rotatable bonds is 5. The quantitative estimate of drug-likeness (QED) is 0.778. The van der Waals surface area contributed by atoms with Crippen molar-refractivity contribution in [3.8, 4) is 0 Å². The zero-order chi connectivity index (χ0) is 16.9. The van der Waals surface area contributed by atoms with E-state index in [0.717, 1.165) is 11.1 Å². The van der Waals surface area contributed by atoms with E-state index >= 15 is 0 Å². The molecule has 0 aliphatic carbocycles. The van der Waals surface area contributed by atoms with E-state index in [2.05, 4.69) is 25.9 Å². The van der Waals surface area contributed by atoms with E-state index in [1.54, 1.807) is 12.1 Å². The van der Waals surface area contributed by atoms with Crippen molar-refractivity contribution in [2.45, 2.75) is 19.3 Å². The average molecular weight is 324 g/mol. The Morgan fingerprint density at radius 1 is 1.17 bits per heavy atom. The summed E-state index contributed by atoms with van der Waals surface area (Å²) in [7, 11) is 0. The van der Waals surface area contributed by atoms with Crippen LogP contribution in [-0.4, -0.2) is 21.4 Å². The molecule has 7 heteroatoms. The van der Waals surface area contributed by atoms with Crippen LogP contribution in [0, 0.1) is 12.7 Å². The molecule has 0 spiro atoms. The summed E-state index contributed by atoms with van der Waals surface area (Å²) in [5.41, 5.74) is 2.58. The Bertz CT molecular complexity index is 800. The second kappa shape index (κ2) is 6.99. The molecular weight excluding hydrogens is 309 g/mol. The van der Waals surface area contributed by atoms with Gasteiger partial charge in [0.15, 0.2) is 0 Å². The molecule has 1 N–H and O–H groups in total. The fourth-order valence-electron chi connectivity index (χ4n) is 2.31. The van der Waals surface area contributed by atoms with Crippen LogP contribution in [0.1, 0.15) is 22.9 Å². The number of aromatic nitrogens is 4. The second-order valence-corrected chi connectivity index (χ2v) is 5.48. The van der Waals surface area contributed by atoms with Crippen molar-refractivity contribution in [3.05, 3.63) is 71.3 Å². The maximum atomic E-state index is 13.1. The third-order valence-corrected chi connectivity index (χ3v) is 3.63. The van der Waals surface area contributed by atoms with Gasteiger partial charge in [-0.1, -0.05) is 29.8 Å². The smallest absolute Gasteiger partial charge is 0.232 e. The molecule has 1 atom stereocenters. The molecule has 122 valence electrons. The van der Waals surface area contributed by atoms with Gasteiger partial charge in [0.25, 0.3) is 0 Å². The third-order valence-electron chi connectivity index (χ3n) is 3.63. The van der Waals surface area contributed by atoms with Crippen molar-refractivity contribution >= 4 is 11.6 Å². The highest BCUT2D eigenvalue weighted by molar-refractivity contribution is 5.95. The molecule has 0 aliphatic heterocycles. The van der Waals surface area contributed by atoms with Crippen molar-refractivity contribution in [1.29, 1.82) is 0 Å². The summed E-state index contributed by atoms with van der Waals surface area (Å²) >= 11 is 0. The number of benzene rings is 2. The monoisotopic (exact) mass is 324 g/mol. The SMILES string of the molecule is Cc1ccc(NC(=O)[C@@H](Cc2ccc(F)cc2)c2nnn[n-]2)cc1. The van der Waals surface area contributed by atoms with Gasteiger partial charge in [-0.2, -0.15) is 5.21 Å². The van der Waals surface area contributed by atoms with Crippen molar-refractivity contribution < 1.29 is 9.18 Å². The van der Waals surface area contributed by atoms with Gasteiger partial charge in [-0.3, -0.25) is 15.1 Å². The van der Waals surface area contributed by atoms with E-state index < -0.39 is 5.92 Å². The number of carbonyl (C=O) groups excluding carboxylic acids is 1. The first kappa shape index (κ1) is 15.8. The number of amides is 1. The van der Waals surface area contributed by atoms with Gasteiger partial charge < -0.3 is 10.4 Å². The summed E-state index contributed by atoms with van der Waals surface area (Å²) in [5, 5.41) is 17.3. The topological polar surface area (TPSA) is 81.9 Å². The molecule has 0 fully saturated rings. The van der Waals surface area contributed by atoms with Gasteiger partial charge in [-0.15, -0.1) is 0 Å². The van der Waals surface area contributed by atoms with E-state index in [1.165, 1.54) is 12.1 Å². The lowest BCUT2D eigenvalue weighted by molar-refractivity contribution is -0.117. The normalized spacial score (nSPS) is 11.9. The molecule has 0 saturated heterocycles. The number of aryl methyl sites for hydroxylation is 1. The summed E-state index contributed by atoms with van der Waals surface area (Å²) in [6, 6.07) is 13.4. The minimum Gasteiger partial charge on any atom is -0.335 e. The van der Waals surface area contributed by atoms with Crippen molar-refractivity contribution in [2.24, 2.45) is 0 Å². The van der Waals surface area contributed by atoms with Crippen molar-refractivity contribution in [1.82, 2.24) is 20.6 Å². The second-order valence-electron chi connectivity index (χ2n) is 5.48. The standard InChI is InChI=1S/C17H16FN5O/c1-11-2-8-14(9-3-11)19-17(24)15(16-20-22-23-21-16)10-12-4-6-13(18)7-5-12/h2-9,15H,10H2,1H3,(H2,19,20,21,22,23,24)/p-1/t15-/m0/s1. The van der Waals surface area contributed by atoms with Crippen LogP contribution in [0.2, 0.25) is 0 Å². The van der Waals surface area contributed by atoms with E-state index in [9.17, 15) is 9.18 Å². The largest absolute Gasteiger partial charge is 0.335 e. The highest BCUT2D eigenvalue weighted by Gasteiger charge is 2.21. The molecule has 1 aromatic heterocycles. The lowest BCUT2D eigenvalue weighted by atomic mass is 9.97. The molecule has 0 radical (unpaired) electrons. The molecule has 6 nitrogen and oxygen atoms in total. The summed E-state index contributed by atoms with van der Waals surface area (Å²) in [6.07, 6.45) is 0.325. The van der Waals surface area contributed by atoms with Gasteiger partial charge in [0.2, 0.25) is 5.91 Å². The molecule has 24 heavy (non-hydrogen) atoms. The number of anilines is 1. The molecule has 0 saturated carbocycles. The van der Waals surface area contributed by atoms with Crippen molar-refractivity contribution in [3.63, 3.8) is 0 Å². The van der Waals surface area contributed by atoms with Crippen LogP contribution >= 0.6 is 0 Å². The lowest BCUT2D eigenvalue weighted by Crippen LogP contribution is -2.24. The fraction of sp³-hybridized carbons (Fsp3) is 0.176. The van der Waals surface area contributed by atoms with Gasteiger partial charge >= 0.3 is 0 Å². The summed E-state index contributed by atoms with van der Waals surface area (Å²) < 4.78 is 13.1. The number of hydrogen-bond donors (Lipinski definition) is 1. The lowest BCUT2D eigenvalue weighted by Gasteiger charge is -2.17.